The molecule has 0 bridgehead atoms. The maximum absolute atomic E-state index is 12.6. The lowest BCUT2D eigenvalue weighted by Crippen LogP contribution is -2.41. The zero-order chi connectivity index (χ0) is 15.0. The lowest BCUT2D eigenvalue weighted by molar-refractivity contribution is 0.154. The van der Waals surface area contributed by atoms with Gasteiger partial charge in [0.1, 0.15) is 4.21 Å². The average Bonchev–Trinajstić information content (AvgIpc) is 2.87. The number of nitrogens with two attached hydrogens (primary N) is 1. The summed E-state index contributed by atoms with van der Waals surface area (Å²) < 4.78 is 27.2. The SMILES string of the molecule is CC(C)(C)C1CCN(S(=O)(=O)c2ccc(CN)s2)CC1. The molecule has 0 aromatic carbocycles. The highest BCUT2D eigenvalue weighted by Crippen LogP contribution is 2.36. The van der Waals surface area contributed by atoms with Crippen LogP contribution in [0.25, 0.3) is 0 Å². The molecule has 1 fully saturated rings. The minimum atomic E-state index is -3.32. The molecule has 1 saturated heterocycles. The molecule has 6 heteroatoms. The van der Waals surface area contributed by atoms with Crippen LogP contribution < -0.4 is 5.73 Å². The fourth-order valence-electron chi connectivity index (χ4n) is 2.70. The average molecular weight is 316 g/mol. The van der Waals surface area contributed by atoms with Crippen molar-refractivity contribution >= 4 is 21.4 Å². The lowest BCUT2D eigenvalue weighted by Gasteiger charge is -2.38. The van der Waals surface area contributed by atoms with Crippen molar-refractivity contribution in [3.8, 4) is 0 Å². The summed E-state index contributed by atoms with van der Waals surface area (Å²) >= 11 is 1.29. The first-order valence-electron chi connectivity index (χ1n) is 7.04. The van der Waals surface area contributed by atoms with E-state index in [9.17, 15) is 8.42 Å². The number of hydrogen-bond acceptors (Lipinski definition) is 4. The van der Waals surface area contributed by atoms with Gasteiger partial charge in [0.15, 0.2) is 0 Å². The minimum absolute atomic E-state index is 0.255. The molecule has 20 heavy (non-hydrogen) atoms. The highest BCUT2D eigenvalue weighted by atomic mass is 32.2. The van der Waals surface area contributed by atoms with Crippen LogP contribution in [-0.4, -0.2) is 25.8 Å². The predicted octanol–water partition coefficient (Wildman–Crippen LogP) is 2.65. The summed E-state index contributed by atoms with van der Waals surface area (Å²) in [7, 11) is -3.32. The number of piperidine rings is 1. The maximum Gasteiger partial charge on any atom is 0.252 e. The van der Waals surface area contributed by atoms with E-state index in [-0.39, 0.29) is 5.41 Å². The molecule has 0 spiro atoms. The van der Waals surface area contributed by atoms with Gasteiger partial charge in [-0.25, -0.2) is 8.42 Å². The van der Waals surface area contributed by atoms with Gasteiger partial charge in [0, 0.05) is 24.5 Å². The van der Waals surface area contributed by atoms with Gasteiger partial charge in [-0.2, -0.15) is 4.31 Å². The second-order valence-electron chi connectivity index (χ2n) is 6.47. The van der Waals surface area contributed by atoms with Crippen LogP contribution >= 0.6 is 11.3 Å². The molecule has 2 N–H and O–H groups in total. The molecule has 2 heterocycles. The Hall–Kier alpha value is -0.430. The van der Waals surface area contributed by atoms with Crippen LogP contribution in [0.5, 0.6) is 0 Å². The minimum Gasteiger partial charge on any atom is -0.326 e. The van der Waals surface area contributed by atoms with E-state index in [0.29, 0.717) is 29.8 Å². The van der Waals surface area contributed by atoms with Crippen molar-refractivity contribution in [1.29, 1.82) is 0 Å². The van der Waals surface area contributed by atoms with Gasteiger partial charge in [-0.05, 0) is 36.3 Å². The normalized spacial score (nSPS) is 19.4. The molecule has 0 atom stereocenters. The van der Waals surface area contributed by atoms with Crippen LogP contribution in [0.3, 0.4) is 0 Å². The zero-order valence-electron chi connectivity index (χ0n) is 12.4. The van der Waals surface area contributed by atoms with Gasteiger partial charge < -0.3 is 5.73 Å². The van der Waals surface area contributed by atoms with Crippen LogP contribution in [-0.2, 0) is 16.6 Å². The van der Waals surface area contributed by atoms with Crippen molar-refractivity contribution in [2.75, 3.05) is 13.1 Å². The summed E-state index contributed by atoms with van der Waals surface area (Å²) in [6.07, 6.45) is 1.88. The molecule has 114 valence electrons. The molecular weight excluding hydrogens is 292 g/mol. The maximum atomic E-state index is 12.6. The highest BCUT2D eigenvalue weighted by Gasteiger charge is 2.34. The summed E-state index contributed by atoms with van der Waals surface area (Å²) in [6.45, 7) is 8.34. The van der Waals surface area contributed by atoms with Crippen molar-refractivity contribution in [2.45, 2.75) is 44.4 Å². The molecule has 1 aromatic rings. The fraction of sp³-hybridized carbons (Fsp3) is 0.714. The third-order valence-corrected chi connectivity index (χ3v) is 7.58. The van der Waals surface area contributed by atoms with Crippen molar-refractivity contribution in [3.63, 3.8) is 0 Å². The van der Waals surface area contributed by atoms with Crippen molar-refractivity contribution < 1.29 is 8.42 Å². The second kappa shape index (κ2) is 5.75. The van der Waals surface area contributed by atoms with E-state index < -0.39 is 10.0 Å². The van der Waals surface area contributed by atoms with E-state index in [1.54, 1.807) is 16.4 Å². The Kier molecular flexibility index (Phi) is 4.59. The van der Waals surface area contributed by atoms with E-state index in [0.717, 1.165) is 17.7 Å². The fourth-order valence-corrected chi connectivity index (χ4v) is 5.55. The monoisotopic (exact) mass is 316 g/mol. The van der Waals surface area contributed by atoms with E-state index in [1.807, 2.05) is 0 Å². The third-order valence-electron chi connectivity index (χ3n) is 4.11. The van der Waals surface area contributed by atoms with Gasteiger partial charge in [-0.1, -0.05) is 20.8 Å². The molecular formula is C14H24N2O2S2. The molecule has 2 rings (SSSR count). The Bertz CT molecular complexity index is 550. The van der Waals surface area contributed by atoms with E-state index in [1.165, 1.54) is 11.3 Å². The Labute approximate surface area is 126 Å². The van der Waals surface area contributed by atoms with Crippen molar-refractivity contribution in [2.24, 2.45) is 17.1 Å². The molecule has 0 amide bonds. The van der Waals surface area contributed by atoms with Crippen LogP contribution in [0, 0.1) is 11.3 Å². The first kappa shape index (κ1) is 15.9. The van der Waals surface area contributed by atoms with E-state index in [4.69, 9.17) is 5.73 Å². The Morgan fingerprint density at radius 3 is 2.35 bits per heavy atom. The summed E-state index contributed by atoms with van der Waals surface area (Å²) in [4.78, 5) is 0.910. The highest BCUT2D eigenvalue weighted by molar-refractivity contribution is 7.91. The first-order valence-corrected chi connectivity index (χ1v) is 9.29. The smallest absolute Gasteiger partial charge is 0.252 e. The van der Waals surface area contributed by atoms with Gasteiger partial charge in [0.2, 0.25) is 0 Å². The molecule has 1 aliphatic heterocycles. The molecule has 0 radical (unpaired) electrons. The molecule has 4 nitrogen and oxygen atoms in total. The van der Waals surface area contributed by atoms with Gasteiger partial charge in [0.25, 0.3) is 10.0 Å². The van der Waals surface area contributed by atoms with Gasteiger partial charge in [0.05, 0.1) is 0 Å². The largest absolute Gasteiger partial charge is 0.326 e. The predicted molar refractivity (Wildman–Crippen MR) is 83.1 cm³/mol. The zero-order valence-corrected chi connectivity index (χ0v) is 14.1. The molecule has 1 aromatic heterocycles. The lowest BCUT2D eigenvalue weighted by atomic mass is 9.76. The third kappa shape index (κ3) is 3.24. The van der Waals surface area contributed by atoms with Gasteiger partial charge in [-0.3, -0.25) is 0 Å². The van der Waals surface area contributed by atoms with Gasteiger partial charge in [-0.15, -0.1) is 11.3 Å². The number of thiophene rings is 1. The number of rotatable bonds is 3. The first-order chi connectivity index (χ1) is 9.25. The van der Waals surface area contributed by atoms with Crippen LogP contribution in [0.4, 0.5) is 0 Å². The number of sulfonamides is 1. The summed E-state index contributed by atoms with van der Waals surface area (Å²) in [6, 6.07) is 3.48. The molecule has 1 aliphatic rings. The van der Waals surface area contributed by atoms with Crippen molar-refractivity contribution in [3.05, 3.63) is 17.0 Å². The van der Waals surface area contributed by atoms with Crippen LogP contribution in [0.15, 0.2) is 16.3 Å². The van der Waals surface area contributed by atoms with E-state index >= 15 is 0 Å². The standard InChI is InChI=1S/C14H24N2O2S2/c1-14(2,3)11-6-8-16(9-7-11)20(17,18)13-5-4-12(10-15)19-13/h4-5,11H,6-10,15H2,1-3H3. The Morgan fingerprint density at radius 2 is 1.90 bits per heavy atom. The van der Waals surface area contributed by atoms with Crippen LogP contribution in [0.1, 0.15) is 38.5 Å². The Morgan fingerprint density at radius 1 is 1.30 bits per heavy atom. The molecule has 0 aliphatic carbocycles. The van der Waals surface area contributed by atoms with Crippen molar-refractivity contribution in [1.82, 2.24) is 4.31 Å². The second-order valence-corrected chi connectivity index (χ2v) is 9.80. The molecule has 0 unspecified atom stereocenters. The number of nitrogens with zero attached hydrogens (tertiary/aromatic N) is 1. The summed E-state index contributed by atoms with van der Waals surface area (Å²) in [5.41, 5.74) is 5.81. The quantitative estimate of drug-likeness (QED) is 0.932. The van der Waals surface area contributed by atoms with E-state index in [2.05, 4.69) is 20.8 Å². The number of hydrogen-bond donors (Lipinski definition) is 1. The molecule has 0 saturated carbocycles. The topological polar surface area (TPSA) is 63.4 Å². The summed E-state index contributed by atoms with van der Waals surface area (Å²) in [5, 5.41) is 0. The Balaban J connectivity index is 2.09. The van der Waals surface area contributed by atoms with Crippen LogP contribution in [0.2, 0.25) is 0 Å². The summed E-state index contributed by atoms with van der Waals surface area (Å²) in [5.74, 6) is 0.594. The van der Waals surface area contributed by atoms with Gasteiger partial charge >= 0.3 is 0 Å².